The molecule has 2 N–H and O–H groups in total. The highest BCUT2D eigenvalue weighted by Gasteiger charge is 2.28. The van der Waals surface area contributed by atoms with Crippen molar-refractivity contribution in [3.05, 3.63) is 0 Å². The molecule has 2 fully saturated rings. The van der Waals surface area contributed by atoms with E-state index in [1.165, 1.54) is 0 Å². The van der Waals surface area contributed by atoms with Crippen molar-refractivity contribution < 1.29 is 14.7 Å². The Balaban J connectivity index is 1.75. The van der Waals surface area contributed by atoms with Crippen LogP contribution in [0.2, 0.25) is 0 Å². The summed E-state index contributed by atoms with van der Waals surface area (Å²) in [6.07, 6.45) is 2.10. The Hall–Kier alpha value is -0.950. The minimum absolute atomic E-state index is 0.00419. The van der Waals surface area contributed by atoms with Gasteiger partial charge in [0, 0.05) is 32.2 Å². The van der Waals surface area contributed by atoms with Gasteiger partial charge in [-0.05, 0) is 31.3 Å². The Morgan fingerprint density at radius 3 is 2.35 bits per heavy atom. The molecule has 7 heteroatoms. The molecule has 0 aromatic rings. The lowest BCUT2D eigenvalue weighted by Gasteiger charge is -2.37. The summed E-state index contributed by atoms with van der Waals surface area (Å²) in [5, 5.41) is 12.1. The smallest absolute Gasteiger partial charge is 0.320 e. The highest BCUT2D eigenvalue weighted by molar-refractivity contribution is 7.99. The number of nitrogens with one attached hydrogen (secondary N) is 1. The highest BCUT2D eigenvalue weighted by atomic mass is 32.2. The zero-order chi connectivity index (χ0) is 14.5. The maximum Gasteiger partial charge on any atom is 0.320 e. The predicted octanol–water partition coefficient (Wildman–Crippen LogP) is 0.682. The Morgan fingerprint density at radius 1 is 1.20 bits per heavy atom. The summed E-state index contributed by atoms with van der Waals surface area (Å²) < 4.78 is 0. The van der Waals surface area contributed by atoms with Crippen molar-refractivity contribution in [3.8, 4) is 0 Å². The lowest BCUT2D eigenvalue weighted by atomic mass is 10.1. The molecule has 2 amide bonds. The number of carboxylic acids is 1. The van der Waals surface area contributed by atoms with E-state index >= 15 is 0 Å². The maximum atomic E-state index is 12.1. The Labute approximate surface area is 123 Å². The number of carbonyl (C=O) groups is 2. The first-order valence-corrected chi connectivity index (χ1v) is 8.33. The number of carboxylic acid groups (broad SMARTS) is 1. The van der Waals surface area contributed by atoms with E-state index in [2.05, 4.69) is 5.32 Å². The second-order valence-electron chi connectivity index (χ2n) is 5.37. The third kappa shape index (κ3) is 4.02. The van der Waals surface area contributed by atoms with Gasteiger partial charge in [-0.3, -0.25) is 9.69 Å². The number of rotatable bonds is 3. The summed E-state index contributed by atoms with van der Waals surface area (Å²) in [6, 6.07) is -0.167. The number of nitrogens with zero attached hydrogens (tertiary/aromatic N) is 2. The third-order valence-corrected chi connectivity index (χ3v) is 5.10. The van der Waals surface area contributed by atoms with Crippen LogP contribution in [0, 0.1) is 0 Å². The fourth-order valence-electron chi connectivity index (χ4n) is 2.58. The first-order valence-electron chi connectivity index (χ1n) is 7.18. The van der Waals surface area contributed by atoms with Crippen LogP contribution in [0.25, 0.3) is 0 Å². The molecule has 0 aliphatic carbocycles. The van der Waals surface area contributed by atoms with Crippen LogP contribution in [0.5, 0.6) is 0 Å². The van der Waals surface area contributed by atoms with Crippen molar-refractivity contribution in [2.24, 2.45) is 0 Å². The molecule has 2 aliphatic rings. The summed E-state index contributed by atoms with van der Waals surface area (Å²) in [5.41, 5.74) is 0. The van der Waals surface area contributed by atoms with Gasteiger partial charge in [0.2, 0.25) is 0 Å². The average Bonchev–Trinajstić information content (AvgIpc) is 2.47. The molecule has 20 heavy (non-hydrogen) atoms. The lowest BCUT2D eigenvalue weighted by molar-refractivity contribution is -0.143. The molecule has 0 aromatic carbocycles. The molecule has 2 saturated heterocycles. The quantitative estimate of drug-likeness (QED) is 0.802. The highest BCUT2D eigenvalue weighted by Crippen LogP contribution is 2.17. The van der Waals surface area contributed by atoms with Crippen molar-refractivity contribution >= 4 is 23.8 Å². The van der Waals surface area contributed by atoms with Crippen LogP contribution in [0.4, 0.5) is 4.79 Å². The van der Waals surface area contributed by atoms with Gasteiger partial charge in [-0.25, -0.2) is 4.79 Å². The van der Waals surface area contributed by atoms with Gasteiger partial charge in [0.1, 0.15) is 6.04 Å². The summed E-state index contributed by atoms with van der Waals surface area (Å²) >= 11 is 1.94. The summed E-state index contributed by atoms with van der Waals surface area (Å²) in [4.78, 5) is 26.8. The number of amides is 2. The van der Waals surface area contributed by atoms with E-state index in [0.29, 0.717) is 32.2 Å². The zero-order valence-corrected chi connectivity index (χ0v) is 12.7. The molecule has 6 nitrogen and oxygen atoms in total. The van der Waals surface area contributed by atoms with E-state index in [4.69, 9.17) is 5.11 Å². The molecule has 0 spiro atoms. The molecule has 0 saturated carbocycles. The lowest BCUT2D eigenvalue weighted by Crippen LogP contribution is -2.56. The topological polar surface area (TPSA) is 72.9 Å². The van der Waals surface area contributed by atoms with Crippen molar-refractivity contribution in [1.29, 1.82) is 0 Å². The standard InChI is InChI=1S/C13H23N3O3S/c1-10(12(17)18)15-4-6-16(7-5-15)13(19)14-11-2-8-20-9-3-11/h10-11H,2-9H2,1H3,(H,14,19)(H,17,18). The second kappa shape index (κ2) is 7.17. The summed E-state index contributed by atoms with van der Waals surface area (Å²) in [5.74, 6) is 1.44. The number of hydrogen-bond acceptors (Lipinski definition) is 4. The van der Waals surface area contributed by atoms with Crippen LogP contribution in [-0.4, -0.2) is 76.7 Å². The number of carbonyl (C=O) groups excluding carboxylic acids is 1. The number of hydrogen-bond donors (Lipinski definition) is 2. The SMILES string of the molecule is CC(C(=O)O)N1CCN(C(=O)NC2CCSCC2)CC1. The molecule has 0 bridgehead atoms. The predicted molar refractivity (Wildman–Crippen MR) is 79.1 cm³/mol. The Morgan fingerprint density at radius 2 is 1.80 bits per heavy atom. The van der Waals surface area contributed by atoms with Gasteiger partial charge in [-0.1, -0.05) is 0 Å². The van der Waals surface area contributed by atoms with E-state index in [-0.39, 0.29) is 6.03 Å². The van der Waals surface area contributed by atoms with Gasteiger partial charge >= 0.3 is 12.0 Å². The number of urea groups is 1. The van der Waals surface area contributed by atoms with Gasteiger partial charge in [-0.2, -0.15) is 11.8 Å². The molecule has 2 aliphatic heterocycles. The van der Waals surface area contributed by atoms with Crippen LogP contribution in [-0.2, 0) is 4.79 Å². The van der Waals surface area contributed by atoms with Gasteiger partial charge in [0.05, 0.1) is 0 Å². The van der Waals surface area contributed by atoms with Crippen LogP contribution >= 0.6 is 11.8 Å². The van der Waals surface area contributed by atoms with Crippen LogP contribution in [0.1, 0.15) is 19.8 Å². The zero-order valence-electron chi connectivity index (χ0n) is 11.9. The van der Waals surface area contributed by atoms with E-state index in [9.17, 15) is 9.59 Å². The van der Waals surface area contributed by atoms with Crippen molar-refractivity contribution in [2.75, 3.05) is 37.7 Å². The fraction of sp³-hybridized carbons (Fsp3) is 0.846. The van der Waals surface area contributed by atoms with Crippen molar-refractivity contribution in [2.45, 2.75) is 31.8 Å². The minimum atomic E-state index is -0.803. The molecule has 1 unspecified atom stereocenters. The van der Waals surface area contributed by atoms with Crippen molar-refractivity contribution in [1.82, 2.24) is 15.1 Å². The maximum absolute atomic E-state index is 12.1. The van der Waals surface area contributed by atoms with Crippen molar-refractivity contribution in [3.63, 3.8) is 0 Å². The molecular weight excluding hydrogens is 278 g/mol. The molecule has 2 rings (SSSR count). The fourth-order valence-corrected chi connectivity index (χ4v) is 3.68. The van der Waals surface area contributed by atoms with Gasteiger partial charge in [0.25, 0.3) is 0 Å². The van der Waals surface area contributed by atoms with Gasteiger partial charge < -0.3 is 15.3 Å². The molecule has 0 radical (unpaired) electrons. The van der Waals surface area contributed by atoms with Gasteiger partial charge in [0.15, 0.2) is 0 Å². The summed E-state index contributed by atoms with van der Waals surface area (Å²) in [6.45, 7) is 4.15. The Kier molecular flexibility index (Phi) is 5.54. The van der Waals surface area contributed by atoms with E-state index in [0.717, 1.165) is 24.3 Å². The largest absolute Gasteiger partial charge is 0.480 e. The molecule has 114 valence electrons. The summed E-state index contributed by atoms with van der Waals surface area (Å²) in [7, 11) is 0. The number of thioether (sulfide) groups is 1. The number of aliphatic carboxylic acids is 1. The minimum Gasteiger partial charge on any atom is -0.480 e. The molecule has 0 aromatic heterocycles. The first kappa shape index (κ1) is 15.4. The van der Waals surface area contributed by atoms with Crippen LogP contribution in [0.3, 0.4) is 0 Å². The normalized spacial score (nSPS) is 23.4. The second-order valence-corrected chi connectivity index (χ2v) is 6.60. The van der Waals surface area contributed by atoms with Crippen LogP contribution < -0.4 is 5.32 Å². The van der Waals surface area contributed by atoms with E-state index in [1.807, 2.05) is 16.7 Å². The average molecular weight is 301 g/mol. The monoisotopic (exact) mass is 301 g/mol. The Bertz CT molecular complexity index is 353. The van der Waals surface area contributed by atoms with Gasteiger partial charge in [-0.15, -0.1) is 0 Å². The molecule has 1 atom stereocenters. The van der Waals surface area contributed by atoms with E-state index < -0.39 is 12.0 Å². The first-order chi connectivity index (χ1) is 9.58. The molecule has 2 heterocycles. The third-order valence-electron chi connectivity index (χ3n) is 4.06. The van der Waals surface area contributed by atoms with E-state index in [1.54, 1.807) is 11.8 Å². The number of piperazine rings is 1. The molecular formula is C13H23N3O3S. The van der Waals surface area contributed by atoms with Crippen LogP contribution in [0.15, 0.2) is 0 Å².